The summed E-state index contributed by atoms with van der Waals surface area (Å²) in [6.45, 7) is 5.87. The smallest absolute Gasteiger partial charge is 0.126 e. The fourth-order valence-corrected chi connectivity index (χ4v) is 5.30. The van der Waals surface area contributed by atoms with Crippen molar-refractivity contribution >= 4 is 18.2 Å². The Morgan fingerprint density at radius 3 is 2.51 bits per heavy atom. The largest absolute Gasteiger partial charge is 0.393 e. The van der Waals surface area contributed by atoms with Crippen LogP contribution >= 0.6 is 0 Å². The molecule has 0 radical (unpaired) electrons. The van der Waals surface area contributed by atoms with Crippen LogP contribution in [0.25, 0.3) is 28.5 Å². The number of aliphatic hydroxyl groups is 2. The lowest BCUT2D eigenvalue weighted by molar-refractivity contribution is -0.109. The van der Waals surface area contributed by atoms with E-state index in [4.69, 9.17) is 9.97 Å². The molecular weight excluding hydrogens is 519 g/mol. The van der Waals surface area contributed by atoms with Gasteiger partial charge >= 0.3 is 0 Å². The van der Waals surface area contributed by atoms with Gasteiger partial charge in [0.15, 0.2) is 0 Å². The van der Waals surface area contributed by atoms with Gasteiger partial charge in [0.2, 0.25) is 0 Å². The van der Waals surface area contributed by atoms with E-state index in [0.29, 0.717) is 6.29 Å². The summed E-state index contributed by atoms with van der Waals surface area (Å²) in [5, 5.41) is 24.0. The van der Waals surface area contributed by atoms with E-state index in [2.05, 4.69) is 30.1 Å². The Labute approximate surface area is 242 Å². The molecule has 8 heteroatoms. The summed E-state index contributed by atoms with van der Waals surface area (Å²) in [6.07, 6.45) is 4.81. The van der Waals surface area contributed by atoms with Gasteiger partial charge in [-0.2, -0.15) is 0 Å². The number of rotatable bonds is 12. The fourth-order valence-electron chi connectivity index (χ4n) is 5.30. The van der Waals surface area contributed by atoms with Crippen molar-refractivity contribution < 1.29 is 19.4 Å². The summed E-state index contributed by atoms with van der Waals surface area (Å²) in [5.74, 6) is 0.601. The molecule has 1 aliphatic rings. The molecule has 1 aliphatic carbocycles. The molecule has 0 aliphatic heterocycles. The fraction of sp³-hybridized carbons (Fsp3) is 0.424. The van der Waals surface area contributed by atoms with Crippen LogP contribution in [0, 0.1) is 5.82 Å². The molecule has 3 aromatic rings. The monoisotopic (exact) mass is 560 g/mol. The van der Waals surface area contributed by atoms with Crippen molar-refractivity contribution in [1.29, 1.82) is 0 Å². The zero-order valence-electron chi connectivity index (χ0n) is 24.4. The van der Waals surface area contributed by atoms with Gasteiger partial charge in [-0.3, -0.25) is 4.98 Å². The van der Waals surface area contributed by atoms with Crippen LogP contribution in [0.1, 0.15) is 61.5 Å². The Morgan fingerprint density at radius 2 is 1.83 bits per heavy atom. The van der Waals surface area contributed by atoms with Crippen LogP contribution in [-0.4, -0.2) is 70.8 Å². The maximum absolute atomic E-state index is 14.0. The minimum absolute atomic E-state index is 0.0241. The van der Waals surface area contributed by atoms with Crippen molar-refractivity contribution in [3.63, 3.8) is 0 Å². The topological polar surface area (TPSA) is 98.6 Å². The number of aliphatic hydroxyl groups excluding tert-OH is 2. The number of nitrogens with zero attached hydrogens (tertiary/aromatic N) is 3. The molecule has 7 nitrogen and oxygen atoms in total. The van der Waals surface area contributed by atoms with Crippen molar-refractivity contribution in [2.24, 2.45) is 0 Å². The van der Waals surface area contributed by atoms with E-state index in [1.807, 2.05) is 26.2 Å². The molecule has 0 saturated carbocycles. The number of nitrogens with one attached hydrogen (secondary N) is 1. The van der Waals surface area contributed by atoms with Crippen LogP contribution in [0.15, 0.2) is 42.5 Å². The zero-order valence-corrected chi connectivity index (χ0v) is 24.4. The summed E-state index contributed by atoms with van der Waals surface area (Å²) in [5.41, 5.74) is 7.56. The number of pyridine rings is 2. The van der Waals surface area contributed by atoms with Crippen LogP contribution in [0.5, 0.6) is 0 Å². The molecule has 2 aromatic heterocycles. The molecular formula is C33H41FN4O3. The Balaban J connectivity index is 1.85. The van der Waals surface area contributed by atoms with Crippen LogP contribution in [0.3, 0.4) is 0 Å². The van der Waals surface area contributed by atoms with Gasteiger partial charge in [0, 0.05) is 37.1 Å². The average molecular weight is 561 g/mol. The molecule has 218 valence electrons. The van der Waals surface area contributed by atoms with Crippen molar-refractivity contribution in [3.05, 3.63) is 70.8 Å². The summed E-state index contributed by atoms with van der Waals surface area (Å²) >= 11 is 0. The second-order valence-electron chi connectivity index (χ2n) is 11.3. The highest BCUT2D eigenvalue weighted by Gasteiger charge is 2.26. The first-order valence-electron chi connectivity index (χ1n) is 14.4. The average Bonchev–Trinajstić information content (AvgIpc) is 3.10. The number of likely N-dealkylation sites (N-methyl/N-ethyl adjacent to an activating group) is 1. The number of carbonyl (C=O) groups is 1. The molecule has 0 amide bonds. The van der Waals surface area contributed by atoms with Crippen LogP contribution in [0.4, 0.5) is 10.2 Å². The van der Waals surface area contributed by atoms with E-state index in [0.717, 1.165) is 83.1 Å². The molecule has 41 heavy (non-hydrogen) atoms. The van der Waals surface area contributed by atoms with E-state index >= 15 is 0 Å². The van der Waals surface area contributed by atoms with Crippen molar-refractivity contribution in [1.82, 2.24) is 14.9 Å². The number of aryl methyl sites for hydroxylation is 1. The number of hydrogen-bond donors (Lipinski definition) is 3. The van der Waals surface area contributed by atoms with Gasteiger partial charge in [0.05, 0.1) is 29.3 Å². The molecule has 1 aromatic carbocycles. The molecule has 4 rings (SSSR count). The predicted octanol–water partition coefficient (Wildman–Crippen LogP) is 5.25. The second-order valence-corrected chi connectivity index (χ2v) is 11.3. The predicted molar refractivity (Wildman–Crippen MR) is 162 cm³/mol. The van der Waals surface area contributed by atoms with Gasteiger partial charge in [0.1, 0.15) is 17.9 Å². The molecule has 0 fully saturated rings. The van der Waals surface area contributed by atoms with Crippen molar-refractivity contribution in [3.8, 4) is 22.4 Å². The molecule has 2 heterocycles. The van der Waals surface area contributed by atoms with E-state index in [1.165, 1.54) is 12.1 Å². The number of aldehydes is 1. The molecule has 0 bridgehead atoms. The number of carbonyl (C=O) groups excluding carboxylic acids is 1. The SMILES string of the molecule is CC(C)c1nc2c(c(-c3ccc(F)cc3)c1/C=C/[C@@H](O)C[C@@H](O)CC=O)CCCc1nc(NCCN(C)C)ccc1-2. The molecule has 0 unspecified atom stereocenters. The summed E-state index contributed by atoms with van der Waals surface area (Å²) in [4.78, 5) is 23.1. The lowest BCUT2D eigenvalue weighted by Gasteiger charge is -2.22. The van der Waals surface area contributed by atoms with Crippen LogP contribution < -0.4 is 5.32 Å². The van der Waals surface area contributed by atoms with Gasteiger partial charge in [-0.05, 0) is 80.2 Å². The third-order valence-corrected chi connectivity index (χ3v) is 7.35. The number of halogens is 1. The van der Waals surface area contributed by atoms with E-state index < -0.39 is 12.2 Å². The highest BCUT2D eigenvalue weighted by atomic mass is 19.1. The Morgan fingerprint density at radius 1 is 1.07 bits per heavy atom. The van der Waals surface area contributed by atoms with Gasteiger partial charge in [-0.25, -0.2) is 9.37 Å². The van der Waals surface area contributed by atoms with Crippen molar-refractivity contribution in [2.75, 3.05) is 32.5 Å². The molecule has 0 saturated heterocycles. The highest BCUT2D eigenvalue weighted by molar-refractivity contribution is 5.85. The first-order valence-corrected chi connectivity index (χ1v) is 14.4. The Bertz CT molecular complexity index is 1370. The van der Waals surface area contributed by atoms with E-state index in [1.54, 1.807) is 18.2 Å². The summed E-state index contributed by atoms with van der Waals surface area (Å²) < 4.78 is 14.0. The summed E-state index contributed by atoms with van der Waals surface area (Å²) in [7, 11) is 4.09. The van der Waals surface area contributed by atoms with Gasteiger partial charge < -0.3 is 25.2 Å². The number of aromatic nitrogens is 2. The van der Waals surface area contributed by atoms with Crippen LogP contribution in [-0.2, 0) is 17.6 Å². The van der Waals surface area contributed by atoms with Crippen LogP contribution in [0.2, 0.25) is 0 Å². The quantitative estimate of drug-likeness (QED) is 0.260. The minimum Gasteiger partial charge on any atom is -0.393 e. The minimum atomic E-state index is -0.937. The first kappa shape index (κ1) is 30.5. The normalized spacial score (nSPS) is 14.6. The third-order valence-electron chi connectivity index (χ3n) is 7.35. The number of anilines is 1. The van der Waals surface area contributed by atoms with Gasteiger partial charge in [-0.1, -0.05) is 38.1 Å². The maximum atomic E-state index is 14.0. The standard InChI is InChI=1S/C33H41FN4O3/c1-21(2)32-28(13-12-24(40)20-25(41)16-19-39)31(22-8-10-23(34)11-9-22)27-6-5-7-29-26(33(27)37-32)14-15-30(36-29)35-17-18-38(3)4/h8-15,19,21,24-25,40-41H,5-7,16-18,20H2,1-4H3,(H,35,36)/b13-12+/t24-,25+/m1/s1. The molecule has 0 spiro atoms. The Kier molecular flexibility index (Phi) is 10.4. The summed E-state index contributed by atoms with van der Waals surface area (Å²) in [6, 6.07) is 10.6. The maximum Gasteiger partial charge on any atom is 0.126 e. The second kappa shape index (κ2) is 13.9. The number of hydrogen-bond acceptors (Lipinski definition) is 7. The van der Waals surface area contributed by atoms with Gasteiger partial charge in [0.25, 0.3) is 0 Å². The molecule has 2 atom stereocenters. The highest BCUT2D eigenvalue weighted by Crippen LogP contribution is 2.42. The zero-order chi connectivity index (χ0) is 29.5. The van der Waals surface area contributed by atoms with Gasteiger partial charge in [-0.15, -0.1) is 0 Å². The van der Waals surface area contributed by atoms with Crippen molar-refractivity contribution in [2.45, 2.75) is 64.1 Å². The number of fused-ring (bicyclic) bond motifs is 3. The van der Waals surface area contributed by atoms with E-state index in [9.17, 15) is 19.4 Å². The van der Waals surface area contributed by atoms with E-state index in [-0.39, 0.29) is 24.6 Å². The Hall–Kier alpha value is -3.46. The molecule has 3 N–H and O–H groups in total. The lowest BCUT2D eigenvalue weighted by atomic mass is 9.86. The first-order chi connectivity index (χ1) is 19.7. The lowest BCUT2D eigenvalue weighted by Crippen LogP contribution is -2.21. The number of benzene rings is 1. The third kappa shape index (κ3) is 7.64.